The minimum Gasteiger partial charge on any atom is -0.342 e. The zero-order valence-electron chi connectivity index (χ0n) is 15.0. The number of piperidine rings is 1. The van der Waals surface area contributed by atoms with Gasteiger partial charge in [0.2, 0.25) is 5.91 Å². The lowest BCUT2D eigenvalue weighted by Gasteiger charge is -2.29. The molecule has 0 bridgehead atoms. The van der Waals surface area contributed by atoms with Gasteiger partial charge in [-0.25, -0.2) is 4.98 Å². The van der Waals surface area contributed by atoms with E-state index in [0.717, 1.165) is 54.9 Å². The Kier molecular flexibility index (Phi) is 4.76. The molecule has 1 fully saturated rings. The number of carbonyl (C=O) groups is 2. The first-order chi connectivity index (χ1) is 12.6. The van der Waals surface area contributed by atoms with E-state index in [2.05, 4.69) is 10.3 Å². The number of likely N-dealkylation sites (tertiary alicyclic amines) is 1. The number of rotatable bonds is 3. The molecule has 1 saturated heterocycles. The molecule has 1 aromatic heterocycles. The average Bonchev–Trinajstić information content (AvgIpc) is 3.22. The summed E-state index contributed by atoms with van der Waals surface area (Å²) in [5, 5.41) is 3.48. The van der Waals surface area contributed by atoms with E-state index < -0.39 is 0 Å². The Labute approximate surface area is 157 Å². The molecule has 1 aliphatic carbocycles. The smallest absolute Gasteiger partial charge is 0.257 e. The van der Waals surface area contributed by atoms with Crippen molar-refractivity contribution < 1.29 is 9.59 Å². The Balaban J connectivity index is 1.47. The molecule has 2 heterocycles. The molecular weight excluding hydrogens is 346 g/mol. The van der Waals surface area contributed by atoms with Crippen molar-refractivity contribution in [3.05, 3.63) is 46.0 Å². The summed E-state index contributed by atoms with van der Waals surface area (Å²) in [4.78, 5) is 33.0. The van der Waals surface area contributed by atoms with E-state index in [9.17, 15) is 9.59 Å². The molecule has 2 amide bonds. The van der Waals surface area contributed by atoms with Crippen molar-refractivity contribution in [3.63, 3.8) is 0 Å². The summed E-state index contributed by atoms with van der Waals surface area (Å²) in [5.74, 6) is -0.0779. The van der Waals surface area contributed by atoms with Crippen LogP contribution >= 0.6 is 11.3 Å². The number of nitrogens with one attached hydrogen (secondary N) is 1. The normalized spacial score (nSPS) is 19.3. The third-order valence-corrected chi connectivity index (χ3v) is 6.26. The number of thiazole rings is 1. The first kappa shape index (κ1) is 17.2. The summed E-state index contributed by atoms with van der Waals surface area (Å²) >= 11 is 1.50. The number of nitrogens with zero attached hydrogens (tertiary/aromatic N) is 2. The van der Waals surface area contributed by atoms with Crippen LogP contribution in [0.2, 0.25) is 0 Å². The number of benzene rings is 1. The molecular formula is C20H23N3O2S. The maximum absolute atomic E-state index is 12.9. The van der Waals surface area contributed by atoms with Crippen molar-refractivity contribution in [2.75, 3.05) is 18.4 Å². The van der Waals surface area contributed by atoms with Gasteiger partial charge in [-0.3, -0.25) is 14.9 Å². The number of aromatic nitrogens is 1. The fourth-order valence-corrected chi connectivity index (χ4v) is 4.76. The van der Waals surface area contributed by atoms with Crippen molar-refractivity contribution in [2.24, 2.45) is 0 Å². The second kappa shape index (κ2) is 7.19. The fraction of sp³-hybridized carbons (Fsp3) is 0.450. The Morgan fingerprint density at radius 1 is 1.15 bits per heavy atom. The van der Waals surface area contributed by atoms with Crippen LogP contribution in [0.1, 0.15) is 58.1 Å². The molecule has 1 aliphatic heterocycles. The molecule has 4 rings (SSSR count). The van der Waals surface area contributed by atoms with Gasteiger partial charge in [-0.15, -0.1) is 11.3 Å². The first-order valence-corrected chi connectivity index (χ1v) is 10.1. The second-order valence-electron chi connectivity index (χ2n) is 7.12. The van der Waals surface area contributed by atoms with Crippen molar-refractivity contribution >= 4 is 28.3 Å². The van der Waals surface area contributed by atoms with Gasteiger partial charge in [-0.1, -0.05) is 17.7 Å². The summed E-state index contributed by atoms with van der Waals surface area (Å²) in [6, 6.07) is 7.47. The third kappa shape index (κ3) is 3.38. The van der Waals surface area contributed by atoms with Gasteiger partial charge >= 0.3 is 0 Å². The van der Waals surface area contributed by atoms with E-state index in [1.54, 1.807) is 0 Å². The third-order valence-electron chi connectivity index (χ3n) is 5.22. The van der Waals surface area contributed by atoms with E-state index in [4.69, 9.17) is 0 Å². The molecule has 2 aliphatic rings. The van der Waals surface area contributed by atoms with Gasteiger partial charge in [0, 0.05) is 23.5 Å². The second-order valence-corrected chi connectivity index (χ2v) is 8.21. The Bertz CT molecular complexity index is 822. The molecule has 0 spiro atoms. The fourth-order valence-electron chi connectivity index (χ4n) is 3.73. The number of carbonyl (C=O) groups excluding carboxylic acids is 2. The Hall–Kier alpha value is -2.21. The first-order valence-electron chi connectivity index (χ1n) is 9.28. The monoisotopic (exact) mass is 369 g/mol. The summed E-state index contributed by atoms with van der Waals surface area (Å²) < 4.78 is 0. The molecule has 1 N–H and O–H groups in total. The molecule has 0 saturated carbocycles. The lowest BCUT2D eigenvalue weighted by atomic mass is 10.0. The SMILES string of the molecule is Cc1ccc(C(=O)Nc2nc3c(s2)CCC3C(=O)N2CCCCC2)cc1. The molecule has 2 aromatic rings. The predicted octanol–water partition coefficient (Wildman–Crippen LogP) is 3.75. The lowest BCUT2D eigenvalue weighted by molar-refractivity contribution is -0.133. The quantitative estimate of drug-likeness (QED) is 0.896. The highest BCUT2D eigenvalue weighted by atomic mass is 32.1. The van der Waals surface area contributed by atoms with Gasteiger partial charge in [-0.2, -0.15) is 0 Å². The van der Waals surface area contributed by atoms with E-state index in [0.29, 0.717) is 10.7 Å². The van der Waals surface area contributed by atoms with Gasteiger partial charge in [-0.05, 0) is 51.2 Å². The average molecular weight is 369 g/mol. The molecule has 136 valence electrons. The molecule has 6 heteroatoms. The van der Waals surface area contributed by atoms with Crippen LogP contribution in [0.15, 0.2) is 24.3 Å². The van der Waals surface area contributed by atoms with Gasteiger partial charge in [0.1, 0.15) is 0 Å². The van der Waals surface area contributed by atoms with Crippen LogP contribution in [-0.4, -0.2) is 34.8 Å². The number of hydrogen-bond acceptors (Lipinski definition) is 4. The Morgan fingerprint density at radius 2 is 1.88 bits per heavy atom. The van der Waals surface area contributed by atoms with E-state index in [1.165, 1.54) is 17.8 Å². The van der Waals surface area contributed by atoms with Crippen LogP contribution in [0, 0.1) is 6.92 Å². The van der Waals surface area contributed by atoms with Crippen molar-refractivity contribution in [1.82, 2.24) is 9.88 Å². The maximum Gasteiger partial charge on any atom is 0.257 e. The molecule has 1 unspecified atom stereocenters. The van der Waals surface area contributed by atoms with Crippen LogP contribution in [0.5, 0.6) is 0 Å². The van der Waals surface area contributed by atoms with Crippen LogP contribution in [-0.2, 0) is 11.2 Å². The topological polar surface area (TPSA) is 62.3 Å². The summed E-state index contributed by atoms with van der Waals surface area (Å²) in [6.07, 6.45) is 5.12. The van der Waals surface area contributed by atoms with Crippen LogP contribution in [0.4, 0.5) is 5.13 Å². The van der Waals surface area contributed by atoms with E-state index in [1.807, 2.05) is 36.1 Å². The zero-order chi connectivity index (χ0) is 18.1. The maximum atomic E-state index is 12.9. The van der Waals surface area contributed by atoms with Gasteiger partial charge < -0.3 is 4.90 Å². The number of hydrogen-bond donors (Lipinski definition) is 1. The van der Waals surface area contributed by atoms with Crippen LogP contribution in [0.3, 0.4) is 0 Å². The predicted molar refractivity (Wildman–Crippen MR) is 103 cm³/mol. The zero-order valence-corrected chi connectivity index (χ0v) is 15.8. The highest BCUT2D eigenvalue weighted by Crippen LogP contribution is 2.39. The van der Waals surface area contributed by atoms with Crippen molar-refractivity contribution in [2.45, 2.75) is 44.9 Å². The summed E-state index contributed by atoms with van der Waals surface area (Å²) in [7, 11) is 0. The standard InChI is InChI=1S/C20H23N3O2S/c1-13-5-7-14(8-6-13)18(24)22-20-21-17-15(9-10-16(17)26-20)19(25)23-11-3-2-4-12-23/h5-8,15H,2-4,9-12H2,1H3,(H,21,22,24). The number of anilines is 1. The van der Waals surface area contributed by atoms with Crippen molar-refractivity contribution in [3.8, 4) is 0 Å². The summed E-state index contributed by atoms with van der Waals surface area (Å²) in [6.45, 7) is 3.73. The minimum atomic E-state index is -0.156. The molecule has 1 atom stereocenters. The number of fused-ring (bicyclic) bond motifs is 1. The molecule has 0 radical (unpaired) electrons. The Morgan fingerprint density at radius 3 is 2.62 bits per heavy atom. The van der Waals surface area contributed by atoms with Gasteiger partial charge in [0.25, 0.3) is 5.91 Å². The van der Waals surface area contributed by atoms with Gasteiger partial charge in [0.05, 0.1) is 11.6 Å². The highest BCUT2D eigenvalue weighted by molar-refractivity contribution is 7.16. The lowest BCUT2D eigenvalue weighted by Crippen LogP contribution is -2.38. The number of amides is 2. The molecule has 1 aromatic carbocycles. The molecule has 5 nitrogen and oxygen atoms in total. The van der Waals surface area contributed by atoms with E-state index >= 15 is 0 Å². The number of aryl methyl sites for hydroxylation is 2. The minimum absolute atomic E-state index is 0.135. The summed E-state index contributed by atoms with van der Waals surface area (Å²) in [5.41, 5.74) is 2.62. The largest absolute Gasteiger partial charge is 0.342 e. The van der Waals surface area contributed by atoms with Crippen LogP contribution < -0.4 is 5.32 Å². The highest BCUT2D eigenvalue weighted by Gasteiger charge is 2.35. The van der Waals surface area contributed by atoms with Gasteiger partial charge in [0.15, 0.2) is 5.13 Å². The van der Waals surface area contributed by atoms with Crippen LogP contribution in [0.25, 0.3) is 0 Å². The van der Waals surface area contributed by atoms with Crippen molar-refractivity contribution in [1.29, 1.82) is 0 Å². The van der Waals surface area contributed by atoms with E-state index in [-0.39, 0.29) is 17.7 Å². The molecule has 26 heavy (non-hydrogen) atoms.